The van der Waals surface area contributed by atoms with Gasteiger partial charge in [0, 0.05) is 19.6 Å². The van der Waals surface area contributed by atoms with Gasteiger partial charge in [-0.05, 0) is 31.2 Å². The molecule has 1 saturated heterocycles. The molecule has 0 bridgehead atoms. The molecule has 0 aliphatic carbocycles. The van der Waals surface area contributed by atoms with E-state index in [9.17, 15) is 10.1 Å². The van der Waals surface area contributed by atoms with Gasteiger partial charge in [-0.15, -0.1) is 0 Å². The van der Waals surface area contributed by atoms with Crippen LogP contribution in [-0.4, -0.2) is 71.3 Å². The number of rotatable bonds is 9. The van der Waals surface area contributed by atoms with E-state index in [0.29, 0.717) is 11.7 Å². The van der Waals surface area contributed by atoms with Crippen molar-refractivity contribution < 1.29 is 14.4 Å². The standard InChI is InChI=1S/C19H23N7O4S/c1-29-13-3-4-14-15(11-13)31-19(23-14)24-18-16(26(27)28)17(21-12-22-18)20-5-2-6-25-7-9-30-10-8-25/h3-4,11-12H,2,5-10H2,1H3,(H2,20,21,22,23,24). The van der Waals surface area contributed by atoms with Crippen molar-refractivity contribution in [1.29, 1.82) is 0 Å². The van der Waals surface area contributed by atoms with Crippen LogP contribution in [0.4, 0.5) is 22.5 Å². The largest absolute Gasteiger partial charge is 0.497 e. The minimum Gasteiger partial charge on any atom is -0.497 e. The van der Waals surface area contributed by atoms with Crippen molar-refractivity contribution >= 4 is 44.0 Å². The molecule has 1 aromatic carbocycles. The highest BCUT2D eigenvalue weighted by Gasteiger charge is 2.24. The van der Waals surface area contributed by atoms with Crippen molar-refractivity contribution in [3.63, 3.8) is 0 Å². The number of ether oxygens (including phenoxy) is 2. The number of nitrogens with zero attached hydrogens (tertiary/aromatic N) is 5. The number of hydrogen-bond donors (Lipinski definition) is 2. The van der Waals surface area contributed by atoms with Crippen LogP contribution in [0.2, 0.25) is 0 Å². The first kappa shape index (κ1) is 21.2. The minimum atomic E-state index is -0.483. The molecule has 3 heterocycles. The molecule has 0 unspecified atom stereocenters. The maximum atomic E-state index is 11.8. The van der Waals surface area contributed by atoms with E-state index in [1.165, 1.54) is 17.7 Å². The van der Waals surface area contributed by atoms with E-state index in [-0.39, 0.29) is 17.3 Å². The fourth-order valence-corrected chi connectivity index (χ4v) is 4.19. The first-order chi connectivity index (χ1) is 15.1. The van der Waals surface area contributed by atoms with Gasteiger partial charge in [0.2, 0.25) is 11.6 Å². The van der Waals surface area contributed by atoms with Gasteiger partial charge in [0.1, 0.15) is 12.1 Å². The summed E-state index contributed by atoms with van der Waals surface area (Å²) in [5, 5.41) is 18.3. The number of hydrogen-bond acceptors (Lipinski definition) is 11. The van der Waals surface area contributed by atoms with Crippen LogP contribution in [0.1, 0.15) is 6.42 Å². The summed E-state index contributed by atoms with van der Waals surface area (Å²) >= 11 is 1.36. The number of fused-ring (bicyclic) bond motifs is 1. The van der Waals surface area contributed by atoms with Crippen molar-refractivity contribution in [2.24, 2.45) is 0 Å². The zero-order valence-electron chi connectivity index (χ0n) is 17.0. The van der Waals surface area contributed by atoms with Gasteiger partial charge in [0.15, 0.2) is 5.13 Å². The van der Waals surface area contributed by atoms with Gasteiger partial charge in [-0.3, -0.25) is 15.0 Å². The highest BCUT2D eigenvalue weighted by molar-refractivity contribution is 7.22. The molecule has 2 aromatic heterocycles. The summed E-state index contributed by atoms with van der Waals surface area (Å²) in [5.74, 6) is 1.01. The fourth-order valence-electron chi connectivity index (χ4n) is 3.29. The van der Waals surface area contributed by atoms with E-state index < -0.39 is 4.92 Å². The number of nitrogens with one attached hydrogen (secondary N) is 2. The molecule has 0 spiro atoms. The topological polar surface area (TPSA) is 128 Å². The quantitative estimate of drug-likeness (QED) is 0.288. The molecule has 2 N–H and O–H groups in total. The Balaban J connectivity index is 1.45. The summed E-state index contributed by atoms with van der Waals surface area (Å²) in [5.41, 5.74) is 0.567. The Labute approximate surface area is 182 Å². The Bertz CT molecular complexity index is 1050. The van der Waals surface area contributed by atoms with Gasteiger partial charge in [-0.1, -0.05) is 11.3 Å². The molecule has 0 atom stereocenters. The maximum Gasteiger partial charge on any atom is 0.353 e. The van der Waals surface area contributed by atoms with E-state index in [1.807, 2.05) is 18.2 Å². The maximum absolute atomic E-state index is 11.8. The van der Waals surface area contributed by atoms with E-state index in [4.69, 9.17) is 9.47 Å². The van der Waals surface area contributed by atoms with Crippen molar-refractivity contribution in [3.8, 4) is 5.75 Å². The second kappa shape index (κ2) is 9.81. The SMILES string of the molecule is COc1ccc2nc(Nc3ncnc(NCCCN4CCOCC4)c3[N+](=O)[O-])sc2c1. The van der Waals surface area contributed by atoms with Gasteiger partial charge in [0.05, 0.1) is 35.5 Å². The molecule has 1 fully saturated rings. The lowest BCUT2D eigenvalue weighted by molar-refractivity contribution is -0.383. The molecule has 11 nitrogen and oxygen atoms in total. The first-order valence-corrected chi connectivity index (χ1v) is 10.7. The van der Waals surface area contributed by atoms with Crippen LogP contribution in [0.5, 0.6) is 5.75 Å². The summed E-state index contributed by atoms with van der Waals surface area (Å²) in [7, 11) is 1.60. The van der Waals surface area contributed by atoms with Crippen LogP contribution >= 0.6 is 11.3 Å². The first-order valence-electron chi connectivity index (χ1n) is 9.89. The third-order valence-electron chi connectivity index (χ3n) is 4.87. The van der Waals surface area contributed by atoms with Gasteiger partial charge >= 0.3 is 5.69 Å². The average Bonchev–Trinajstić information content (AvgIpc) is 3.18. The zero-order chi connectivity index (χ0) is 21.6. The lowest BCUT2D eigenvalue weighted by atomic mass is 10.3. The lowest BCUT2D eigenvalue weighted by Gasteiger charge is -2.26. The molecule has 12 heteroatoms. The molecule has 31 heavy (non-hydrogen) atoms. The summed E-state index contributed by atoms with van der Waals surface area (Å²) < 4.78 is 11.5. The van der Waals surface area contributed by atoms with Crippen molar-refractivity contribution in [2.45, 2.75) is 6.42 Å². The zero-order valence-corrected chi connectivity index (χ0v) is 17.9. The number of methoxy groups -OCH3 is 1. The second-order valence-electron chi connectivity index (χ2n) is 6.89. The number of morpholine rings is 1. The molecule has 1 aliphatic heterocycles. The molecular formula is C19H23N7O4S. The molecule has 164 valence electrons. The number of anilines is 3. The fraction of sp³-hybridized carbons (Fsp3) is 0.421. The second-order valence-corrected chi connectivity index (χ2v) is 7.92. The van der Waals surface area contributed by atoms with Crippen molar-refractivity contribution in [3.05, 3.63) is 34.6 Å². The van der Waals surface area contributed by atoms with Gasteiger partial charge < -0.3 is 20.1 Å². The van der Waals surface area contributed by atoms with Gasteiger partial charge in [-0.2, -0.15) is 0 Å². The Morgan fingerprint density at radius 3 is 2.87 bits per heavy atom. The lowest BCUT2D eigenvalue weighted by Crippen LogP contribution is -2.37. The molecule has 0 amide bonds. The molecule has 0 saturated carbocycles. The molecule has 4 rings (SSSR count). The number of aromatic nitrogens is 3. The summed E-state index contributed by atoms with van der Waals surface area (Å²) in [6, 6.07) is 5.53. The monoisotopic (exact) mass is 445 g/mol. The smallest absolute Gasteiger partial charge is 0.353 e. The predicted molar refractivity (Wildman–Crippen MR) is 119 cm³/mol. The Hall–Kier alpha value is -3.09. The third kappa shape index (κ3) is 5.16. The number of thiazole rings is 1. The molecular weight excluding hydrogens is 422 g/mol. The van der Waals surface area contributed by atoms with Gasteiger partial charge in [-0.25, -0.2) is 15.0 Å². The number of benzene rings is 1. The third-order valence-corrected chi connectivity index (χ3v) is 5.81. The average molecular weight is 446 g/mol. The van der Waals surface area contributed by atoms with E-state index in [0.717, 1.165) is 55.2 Å². The summed E-state index contributed by atoms with van der Waals surface area (Å²) in [4.78, 5) is 26.2. The van der Waals surface area contributed by atoms with E-state index in [1.54, 1.807) is 7.11 Å². The molecule has 0 radical (unpaired) electrons. The van der Waals surface area contributed by atoms with E-state index >= 15 is 0 Å². The Morgan fingerprint density at radius 2 is 2.10 bits per heavy atom. The highest BCUT2D eigenvalue weighted by Crippen LogP contribution is 2.35. The Morgan fingerprint density at radius 1 is 1.29 bits per heavy atom. The van der Waals surface area contributed by atoms with Gasteiger partial charge in [0.25, 0.3) is 0 Å². The minimum absolute atomic E-state index is 0.0988. The van der Waals surface area contributed by atoms with Crippen molar-refractivity contribution in [1.82, 2.24) is 19.9 Å². The normalized spacial score (nSPS) is 14.5. The summed E-state index contributed by atoms with van der Waals surface area (Å²) in [6.45, 7) is 4.79. The van der Waals surface area contributed by atoms with Crippen LogP contribution in [0.3, 0.4) is 0 Å². The highest BCUT2D eigenvalue weighted by atomic mass is 32.1. The van der Waals surface area contributed by atoms with Crippen LogP contribution in [0.15, 0.2) is 24.5 Å². The van der Waals surface area contributed by atoms with Crippen molar-refractivity contribution in [2.75, 3.05) is 57.1 Å². The number of nitro groups is 1. The molecule has 1 aliphatic rings. The van der Waals surface area contributed by atoms with Crippen LogP contribution in [0, 0.1) is 10.1 Å². The summed E-state index contributed by atoms with van der Waals surface area (Å²) in [6.07, 6.45) is 2.14. The van der Waals surface area contributed by atoms with Crippen LogP contribution < -0.4 is 15.4 Å². The van der Waals surface area contributed by atoms with E-state index in [2.05, 4.69) is 30.5 Å². The van der Waals surface area contributed by atoms with Crippen LogP contribution in [-0.2, 0) is 4.74 Å². The molecule has 3 aromatic rings. The van der Waals surface area contributed by atoms with Crippen LogP contribution in [0.25, 0.3) is 10.2 Å². The Kier molecular flexibility index (Phi) is 6.70. The predicted octanol–water partition coefficient (Wildman–Crippen LogP) is 2.88.